The highest BCUT2D eigenvalue weighted by Gasteiger charge is 2.48. The summed E-state index contributed by atoms with van der Waals surface area (Å²) in [6.07, 6.45) is 3.42. The van der Waals surface area contributed by atoms with Crippen LogP contribution in [0.15, 0.2) is 90.1 Å². The molecular formula is C30H24N4O4S. The van der Waals surface area contributed by atoms with E-state index in [0.29, 0.717) is 34.4 Å². The largest absolute Gasteiger partial charge is 0.505 e. The summed E-state index contributed by atoms with van der Waals surface area (Å²) >= 11 is 1.24. The fourth-order valence-corrected chi connectivity index (χ4v) is 5.54. The van der Waals surface area contributed by atoms with Gasteiger partial charge in [0.1, 0.15) is 23.7 Å². The van der Waals surface area contributed by atoms with Gasteiger partial charge in [-0.15, -0.1) is 11.3 Å². The summed E-state index contributed by atoms with van der Waals surface area (Å²) in [5.41, 5.74) is 4.07. The molecule has 194 valence electrons. The number of imidazole rings is 1. The van der Waals surface area contributed by atoms with Crippen LogP contribution in [0.1, 0.15) is 34.1 Å². The molecule has 0 aliphatic carbocycles. The zero-order valence-electron chi connectivity index (χ0n) is 21.2. The lowest BCUT2D eigenvalue weighted by atomic mass is 9.96. The van der Waals surface area contributed by atoms with Gasteiger partial charge in [-0.25, -0.2) is 9.97 Å². The summed E-state index contributed by atoms with van der Waals surface area (Å²) in [4.78, 5) is 37.2. The molecule has 2 aromatic carbocycles. The Kier molecular flexibility index (Phi) is 6.20. The number of ether oxygens (including phenoxy) is 1. The number of hydrogen-bond donors (Lipinski definition) is 1. The van der Waals surface area contributed by atoms with Crippen LogP contribution < -0.4 is 9.64 Å². The number of hydrogen-bond acceptors (Lipinski definition) is 7. The molecule has 1 aliphatic heterocycles. The smallest absolute Gasteiger partial charge is 0.301 e. The number of amides is 1. The van der Waals surface area contributed by atoms with Gasteiger partial charge in [-0.05, 0) is 48.7 Å². The van der Waals surface area contributed by atoms with E-state index in [1.807, 2.05) is 73.0 Å². The minimum absolute atomic E-state index is 0.0421. The Balaban J connectivity index is 1.48. The normalized spacial score (nSPS) is 16.8. The Morgan fingerprint density at radius 3 is 2.62 bits per heavy atom. The van der Waals surface area contributed by atoms with Crippen molar-refractivity contribution in [3.8, 4) is 5.75 Å². The van der Waals surface area contributed by atoms with Gasteiger partial charge in [0.2, 0.25) is 0 Å². The van der Waals surface area contributed by atoms with Crippen molar-refractivity contribution >= 4 is 39.6 Å². The number of nitrogens with zero attached hydrogens (tertiary/aromatic N) is 4. The van der Waals surface area contributed by atoms with Gasteiger partial charge >= 0.3 is 5.91 Å². The monoisotopic (exact) mass is 536 g/mol. The van der Waals surface area contributed by atoms with Crippen molar-refractivity contribution in [3.63, 3.8) is 0 Å². The Morgan fingerprint density at radius 1 is 1.05 bits per heavy atom. The second kappa shape index (κ2) is 9.85. The van der Waals surface area contributed by atoms with E-state index in [0.717, 1.165) is 11.1 Å². The molecule has 1 aliphatic rings. The first-order valence-electron chi connectivity index (χ1n) is 12.4. The van der Waals surface area contributed by atoms with Crippen molar-refractivity contribution in [1.29, 1.82) is 0 Å². The molecule has 9 heteroatoms. The van der Waals surface area contributed by atoms with Crippen LogP contribution in [-0.2, 0) is 16.2 Å². The molecule has 0 bridgehead atoms. The number of aromatic nitrogens is 3. The van der Waals surface area contributed by atoms with Crippen molar-refractivity contribution in [3.05, 3.63) is 118 Å². The van der Waals surface area contributed by atoms with E-state index in [1.54, 1.807) is 29.8 Å². The molecule has 0 radical (unpaired) electrons. The van der Waals surface area contributed by atoms with Gasteiger partial charge in [0.25, 0.3) is 5.78 Å². The highest BCUT2D eigenvalue weighted by atomic mass is 32.1. The maximum absolute atomic E-state index is 13.5. The number of Topliss-reactive ketones (excluding diaryl/α,β-unsaturated/α-hetero) is 1. The second-order valence-corrected chi connectivity index (χ2v) is 10.1. The van der Waals surface area contributed by atoms with Gasteiger partial charge < -0.3 is 14.2 Å². The predicted molar refractivity (Wildman–Crippen MR) is 149 cm³/mol. The molecule has 1 amide bonds. The number of carbonyl (C=O) groups excluding carboxylic acids is 2. The van der Waals surface area contributed by atoms with Crippen LogP contribution in [0, 0.1) is 13.8 Å². The number of benzene rings is 2. The van der Waals surface area contributed by atoms with Gasteiger partial charge in [0, 0.05) is 17.8 Å². The summed E-state index contributed by atoms with van der Waals surface area (Å²) in [6, 6.07) is 19.9. The molecule has 0 spiro atoms. The van der Waals surface area contributed by atoms with Gasteiger partial charge in [-0.1, -0.05) is 48.5 Å². The van der Waals surface area contributed by atoms with E-state index in [2.05, 4.69) is 9.97 Å². The molecule has 3 aromatic heterocycles. The predicted octanol–water partition coefficient (Wildman–Crippen LogP) is 5.61. The summed E-state index contributed by atoms with van der Waals surface area (Å²) < 4.78 is 7.88. The average molecular weight is 537 g/mol. The topological polar surface area (TPSA) is 97.0 Å². The number of fused-ring (bicyclic) bond motifs is 1. The molecule has 1 atom stereocenters. The third-order valence-corrected chi connectivity index (χ3v) is 7.57. The lowest BCUT2D eigenvalue weighted by molar-refractivity contribution is -0.132. The first-order valence-corrected chi connectivity index (χ1v) is 13.2. The van der Waals surface area contributed by atoms with Crippen LogP contribution in [0.5, 0.6) is 5.75 Å². The Hall–Kier alpha value is -4.76. The zero-order valence-corrected chi connectivity index (χ0v) is 22.1. The molecule has 4 heterocycles. The number of aryl methyl sites for hydroxylation is 2. The molecule has 1 saturated heterocycles. The van der Waals surface area contributed by atoms with Crippen LogP contribution in [0.25, 0.3) is 11.4 Å². The van der Waals surface area contributed by atoms with E-state index < -0.39 is 17.7 Å². The lowest BCUT2D eigenvalue weighted by Gasteiger charge is -2.23. The summed E-state index contributed by atoms with van der Waals surface area (Å²) in [5, 5.41) is 13.7. The number of thiazole rings is 1. The third-order valence-electron chi connectivity index (χ3n) is 6.80. The zero-order chi connectivity index (χ0) is 27.1. The number of anilines is 1. The minimum atomic E-state index is -0.915. The van der Waals surface area contributed by atoms with E-state index in [4.69, 9.17) is 4.74 Å². The fourth-order valence-electron chi connectivity index (χ4n) is 4.87. The summed E-state index contributed by atoms with van der Waals surface area (Å²) in [6.45, 7) is 4.10. The van der Waals surface area contributed by atoms with E-state index >= 15 is 0 Å². The first-order chi connectivity index (χ1) is 18.9. The third kappa shape index (κ3) is 4.26. The minimum Gasteiger partial charge on any atom is -0.505 e. The van der Waals surface area contributed by atoms with Crippen LogP contribution in [0.3, 0.4) is 0 Å². The van der Waals surface area contributed by atoms with E-state index in [-0.39, 0.29) is 17.0 Å². The quantitative estimate of drug-likeness (QED) is 0.172. The first kappa shape index (κ1) is 24.6. The summed E-state index contributed by atoms with van der Waals surface area (Å²) in [5.74, 6) is -1.31. The number of ketones is 1. The van der Waals surface area contributed by atoms with Gasteiger partial charge in [-0.2, -0.15) is 0 Å². The van der Waals surface area contributed by atoms with Crippen LogP contribution >= 0.6 is 11.3 Å². The van der Waals surface area contributed by atoms with Crippen molar-refractivity contribution in [2.75, 3.05) is 4.90 Å². The summed E-state index contributed by atoms with van der Waals surface area (Å²) in [7, 11) is 0. The van der Waals surface area contributed by atoms with Gasteiger partial charge in [0.15, 0.2) is 10.9 Å². The highest BCUT2D eigenvalue weighted by Crippen LogP contribution is 2.43. The number of rotatable bonds is 6. The fraction of sp³-hybridized carbons (Fsp3) is 0.133. The van der Waals surface area contributed by atoms with Crippen LogP contribution in [0.4, 0.5) is 5.13 Å². The van der Waals surface area contributed by atoms with Gasteiger partial charge in [-0.3, -0.25) is 14.5 Å². The van der Waals surface area contributed by atoms with Crippen LogP contribution in [-0.4, -0.2) is 31.2 Å². The average Bonchev–Trinajstić information content (AvgIpc) is 3.66. The molecule has 1 unspecified atom stereocenters. The second-order valence-electron chi connectivity index (χ2n) is 9.26. The Labute approximate surface area is 228 Å². The van der Waals surface area contributed by atoms with Gasteiger partial charge in [0.05, 0.1) is 17.3 Å². The molecule has 39 heavy (non-hydrogen) atoms. The molecule has 8 nitrogen and oxygen atoms in total. The number of carbonyl (C=O) groups is 2. The van der Waals surface area contributed by atoms with Crippen LogP contribution in [0.2, 0.25) is 0 Å². The molecule has 1 fully saturated rings. The number of aliphatic hydroxyl groups is 1. The highest BCUT2D eigenvalue weighted by molar-refractivity contribution is 7.14. The SMILES string of the molecule is Cc1cccn2c(C)c(C(O)=C3C(=O)C(=O)N(c4nccs4)C3c3cccc(OCc4ccccc4)c3)nc12. The lowest BCUT2D eigenvalue weighted by Crippen LogP contribution is -2.29. The molecular weight excluding hydrogens is 512 g/mol. The number of aliphatic hydroxyl groups excluding tert-OH is 1. The van der Waals surface area contributed by atoms with E-state index in [9.17, 15) is 14.7 Å². The maximum Gasteiger partial charge on any atom is 0.301 e. The molecule has 1 N–H and O–H groups in total. The Bertz CT molecular complexity index is 1740. The Morgan fingerprint density at radius 2 is 1.87 bits per heavy atom. The van der Waals surface area contributed by atoms with Crippen molar-refractivity contribution in [2.24, 2.45) is 0 Å². The molecule has 6 rings (SSSR count). The van der Waals surface area contributed by atoms with Crippen molar-refractivity contribution in [2.45, 2.75) is 26.5 Å². The van der Waals surface area contributed by atoms with E-state index in [1.165, 1.54) is 16.2 Å². The van der Waals surface area contributed by atoms with Crippen molar-refractivity contribution < 1.29 is 19.4 Å². The number of pyridine rings is 1. The van der Waals surface area contributed by atoms with Crippen molar-refractivity contribution in [1.82, 2.24) is 14.4 Å². The maximum atomic E-state index is 13.5. The molecule has 5 aromatic rings. The standard InChI is InChI=1S/C30H24N4O4S/c1-18-8-7-14-33-19(2)24(32-28(18)33)26(35)23-25(34(29(37)27(23)36)30-31-13-15-39-30)21-11-6-12-22(16-21)38-17-20-9-4-3-5-10-20/h3-16,25,35H,17H2,1-2H3. The molecule has 0 saturated carbocycles.